The number of carboxylic acids is 1. The van der Waals surface area contributed by atoms with E-state index in [0.29, 0.717) is 92.3 Å². The molecule has 4 aromatic carbocycles. The minimum absolute atomic E-state index is 0.00245. The Hall–Kier alpha value is -7.84. The molecule has 434 valence electrons. The average Bonchev–Trinajstić information content (AvgIpc) is 3.48. The molecule has 7 aromatic rings. The molecule has 5 heterocycles. The topological polar surface area (TPSA) is 394 Å². The molecule has 0 aliphatic carbocycles. The van der Waals surface area contributed by atoms with Gasteiger partial charge in [0.1, 0.15) is 40.2 Å². The molecule has 2 fully saturated rings. The van der Waals surface area contributed by atoms with Gasteiger partial charge in [-0.3, -0.25) is 4.79 Å². The minimum atomic E-state index is -3.62. The summed E-state index contributed by atoms with van der Waals surface area (Å²) in [5.74, 6) is 4.83. The second-order valence-corrected chi connectivity index (χ2v) is 20.1. The second-order valence-electron chi connectivity index (χ2n) is 17.0. The molecule has 0 spiro atoms. The van der Waals surface area contributed by atoms with Crippen LogP contribution in [0.4, 0.5) is 11.5 Å². The van der Waals surface area contributed by atoms with Crippen LogP contribution in [0.15, 0.2) is 72.3 Å². The fourth-order valence-electron chi connectivity index (χ4n) is 7.98. The van der Waals surface area contributed by atoms with Gasteiger partial charge in [-0.2, -0.15) is 16.8 Å². The number of aromatic nitrogens is 6. The number of nitrogens with one attached hydrogen (secondary N) is 4. The molecule has 0 amide bonds. The highest BCUT2D eigenvalue weighted by molar-refractivity contribution is 7.87. The van der Waals surface area contributed by atoms with Crippen molar-refractivity contribution in [3.8, 4) is 46.0 Å². The van der Waals surface area contributed by atoms with Gasteiger partial charge in [-0.05, 0) is 86.3 Å². The first-order valence-electron chi connectivity index (χ1n) is 23.9. The molecule has 9 rings (SSSR count). The summed E-state index contributed by atoms with van der Waals surface area (Å²) in [5.41, 5.74) is 7.31. The molecule has 2 aliphatic heterocycles. The molecular formula is C49H64ClN13O15S2. The predicted octanol–water partition coefficient (Wildman–Crippen LogP) is 2.88. The van der Waals surface area contributed by atoms with Crippen molar-refractivity contribution in [2.75, 3.05) is 107 Å². The zero-order chi connectivity index (χ0) is 58.7. The van der Waals surface area contributed by atoms with Gasteiger partial charge >= 0.3 is 5.97 Å². The van der Waals surface area contributed by atoms with Gasteiger partial charge in [0.2, 0.25) is 0 Å². The van der Waals surface area contributed by atoms with Crippen LogP contribution in [0.25, 0.3) is 32.7 Å². The Morgan fingerprint density at radius 2 is 1.06 bits per heavy atom. The van der Waals surface area contributed by atoms with Crippen LogP contribution in [0.1, 0.15) is 23.2 Å². The Balaban J connectivity index is 0.000000190. The van der Waals surface area contributed by atoms with Crippen LogP contribution in [0, 0.1) is 11.8 Å². The van der Waals surface area contributed by atoms with E-state index in [0.717, 1.165) is 55.6 Å². The number of rotatable bonds is 18. The van der Waals surface area contributed by atoms with Crippen LogP contribution in [0.5, 0.6) is 46.0 Å². The SMILES string of the molecule is COc1ccc(C(=O)O)c(N)c1OC.COc1ccc2c(=O)[nH]cnc2c1OC.COc1ccc2c(Cl)ncnc2c1OC.COc1ccc2c(N3CC(CCNS(N)(=O)=O)C3)ncnc2c1OC.NS(=O)(=O)NCCC1CNC1. The number of fused-ring (bicyclic) bond motifs is 3. The number of hydrogen-bond donors (Lipinski definition) is 8. The van der Waals surface area contributed by atoms with Gasteiger partial charge in [0.25, 0.3) is 26.0 Å². The number of H-pyrrole nitrogens is 1. The van der Waals surface area contributed by atoms with E-state index in [1.165, 1.54) is 59.6 Å². The Kier molecular flexibility index (Phi) is 23.1. The van der Waals surface area contributed by atoms with E-state index in [-0.39, 0.29) is 22.6 Å². The average molecular weight is 1170 g/mol. The Morgan fingerprint density at radius 1 is 0.625 bits per heavy atom. The lowest BCUT2D eigenvalue weighted by Gasteiger charge is -2.40. The van der Waals surface area contributed by atoms with E-state index in [1.807, 2.05) is 12.1 Å². The van der Waals surface area contributed by atoms with Gasteiger partial charge in [-0.1, -0.05) is 11.6 Å². The molecule has 0 radical (unpaired) electrons. The summed E-state index contributed by atoms with van der Waals surface area (Å²) in [7, 11) is 5.12. The zero-order valence-corrected chi connectivity index (χ0v) is 47.3. The van der Waals surface area contributed by atoms with Crippen LogP contribution < -0.4 is 79.1 Å². The summed E-state index contributed by atoms with van der Waals surface area (Å²) in [4.78, 5) is 47.6. The number of methoxy groups -OCH3 is 8. The van der Waals surface area contributed by atoms with Crippen molar-refractivity contribution < 1.29 is 64.6 Å². The number of benzene rings is 4. The molecular weight excluding hydrogens is 1110 g/mol. The van der Waals surface area contributed by atoms with Crippen molar-refractivity contribution in [2.24, 2.45) is 22.1 Å². The van der Waals surface area contributed by atoms with E-state index in [9.17, 15) is 26.4 Å². The number of nitrogen functional groups attached to an aromatic ring is 1. The number of nitrogens with zero attached hydrogens (tertiary/aromatic N) is 6. The van der Waals surface area contributed by atoms with Gasteiger partial charge < -0.3 is 63.9 Å². The second kappa shape index (κ2) is 29.4. The van der Waals surface area contributed by atoms with E-state index < -0.39 is 26.4 Å². The van der Waals surface area contributed by atoms with Gasteiger partial charge in [-0.25, -0.2) is 49.4 Å². The van der Waals surface area contributed by atoms with Crippen molar-refractivity contribution in [1.82, 2.24) is 44.7 Å². The number of anilines is 2. The number of hydrogen-bond acceptors (Lipinski definition) is 22. The quantitative estimate of drug-likeness (QED) is 0.0452. The van der Waals surface area contributed by atoms with Gasteiger partial charge in [-0.15, -0.1) is 0 Å². The van der Waals surface area contributed by atoms with Crippen molar-refractivity contribution in [2.45, 2.75) is 12.8 Å². The van der Waals surface area contributed by atoms with Gasteiger partial charge in [0, 0.05) is 37.0 Å². The van der Waals surface area contributed by atoms with Crippen LogP contribution in [0.3, 0.4) is 0 Å². The summed E-state index contributed by atoms with van der Waals surface area (Å²) in [6.45, 7) is 4.37. The first kappa shape index (κ1) is 63.0. The number of halogens is 1. The number of nitrogens with two attached hydrogens (primary N) is 3. The lowest BCUT2D eigenvalue weighted by Crippen LogP contribution is -2.48. The number of ether oxygens (including phenoxy) is 8. The van der Waals surface area contributed by atoms with Crippen LogP contribution >= 0.6 is 11.6 Å². The highest BCUT2D eigenvalue weighted by Gasteiger charge is 2.30. The van der Waals surface area contributed by atoms with Crippen molar-refractivity contribution in [3.63, 3.8) is 0 Å². The first-order chi connectivity index (χ1) is 38.2. The lowest BCUT2D eigenvalue weighted by molar-refractivity contribution is 0.0697. The monoisotopic (exact) mass is 1170 g/mol. The van der Waals surface area contributed by atoms with E-state index >= 15 is 0 Å². The lowest BCUT2D eigenvalue weighted by atomic mass is 9.96. The molecule has 2 aliphatic rings. The van der Waals surface area contributed by atoms with Crippen LogP contribution in [-0.2, 0) is 20.4 Å². The predicted molar refractivity (Wildman–Crippen MR) is 300 cm³/mol. The van der Waals surface area contributed by atoms with Crippen molar-refractivity contribution in [1.29, 1.82) is 0 Å². The van der Waals surface area contributed by atoms with E-state index in [1.54, 1.807) is 52.7 Å². The number of carbonyl (C=O) groups is 1. The highest BCUT2D eigenvalue weighted by atomic mass is 35.5. The smallest absolute Gasteiger partial charge is 0.337 e. The van der Waals surface area contributed by atoms with Gasteiger partial charge in [0.15, 0.2) is 46.0 Å². The van der Waals surface area contributed by atoms with Crippen molar-refractivity contribution >= 4 is 82.2 Å². The Bertz CT molecular complexity index is 3520. The maximum Gasteiger partial charge on any atom is 0.337 e. The minimum Gasteiger partial charge on any atom is -0.493 e. The highest BCUT2D eigenvalue weighted by Crippen LogP contribution is 2.40. The molecule has 31 heteroatoms. The maximum absolute atomic E-state index is 11.5. The number of aromatic amines is 1. The summed E-state index contributed by atoms with van der Waals surface area (Å²) in [6, 6.07) is 13.5. The molecule has 11 N–H and O–H groups in total. The van der Waals surface area contributed by atoms with E-state index in [2.05, 4.69) is 49.6 Å². The molecule has 0 bridgehead atoms. The van der Waals surface area contributed by atoms with E-state index in [4.69, 9.17) is 70.6 Å². The normalized spacial score (nSPS) is 13.0. The number of carboxylic acid groups (broad SMARTS) is 1. The third kappa shape index (κ3) is 16.6. The molecule has 0 unspecified atom stereocenters. The third-order valence-corrected chi connectivity index (χ3v) is 13.5. The zero-order valence-electron chi connectivity index (χ0n) is 44.9. The van der Waals surface area contributed by atoms with Gasteiger partial charge in [0.05, 0.1) is 79.8 Å². The maximum atomic E-state index is 11.5. The summed E-state index contributed by atoms with van der Waals surface area (Å²) < 4.78 is 88.3. The molecule has 0 atom stereocenters. The fraction of sp³-hybridized carbons (Fsp3) is 0.367. The third-order valence-electron chi connectivity index (χ3n) is 12.0. The molecule has 28 nitrogen and oxygen atoms in total. The molecule has 80 heavy (non-hydrogen) atoms. The first-order valence-corrected chi connectivity index (χ1v) is 27.3. The Morgan fingerprint density at radius 3 is 1.52 bits per heavy atom. The molecule has 2 saturated heterocycles. The summed E-state index contributed by atoms with van der Waals surface area (Å²) in [6.07, 6.45) is 5.84. The van der Waals surface area contributed by atoms with Crippen LogP contribution in [0.2, 0.25) is 5.15 Å². The molecule has 0 saturated carbocycles. The summed E-state index contributed by atoms with van der Waals surface area (Å²) in [5, 5.41) is 24.0. The number of aromatic carboxylic acids is 1. The standard InChI is InChI=1S/C15H21N5O4S.C10H9ClN2O2.C10H10N2O3.C9H11NO4.C5H13N3O2S/c1-23-12-4-3-11-13(14(12)24-2)17-9-18-15(11)20-7-10(8-20)5-6-19-25(16,21)22;1-14-7-4-3-6-8(9(7)15-2)12-5-13-10(6)11;1-14-7-4-3-6-8(9(7)15-2)11-5-12-10(6)13;1-13-6-4-3-5(9(11)12)7(10)8(6)14-2;6-11(9,10)8-2-1-5-3-7-4-5/h3-4,9-10,19H,5-8H2,1-2H3,(H2,16,21,22);3-5H,1-2H3;3-5H,1-2H3,(H,11,12,13);3-4H,10H2,1-2H3,(H,11,12);5,7-8H,1-4H2,(H2,6,9,10). The largest absolute Gasteiger partial charge is 0.493 e. The van der Waals surface area contributed by atoms with Crippen molar-refractivity contribution in [3.05, 3.63) is 88.6 Å². The van der Waals surface area contributed by atoms with Crippen LogP contribution in [-0.4, -0.2) is 154 Å². The Labute approximate surface area is 465 Å². The summed E-state index contributed by atoms with van der Waals surface area (Å²) >= 11 is 5.93. The fourth-order valence-corrected chi connectivity index (χ4v) is 8.98. The molecule has 3 aromatic heterocycles.